The predicted octanol–water partition coefficient (Wildman–Crippen LogP) is 4.74. The number of fused-ring (bicyclic) bond motifs is 1. The summed E-state index contributed by atoms with van der Waals surface area (Å²) in [7, 11) is 0. The third kappa shape index (κ3) is 5.01. The van der Waals surface area contributed by atoms with Gasteiger partial charge in [0.25, 0.3) is 0 Å². The van der Waals surface area contributed by atoms with Crippen LogP contribution in [0.25, 0.3) is 0 Å². The lowest BCUT2D eigenvalue weighted by Gasteiger charge is -2.30. The van der Waals surface area contributed by atoms with Crippen LogP contribution in [0.4, 0.5) is 16.2 Å². The van der Waals surface area contributed by atoms with Gasteiger partial charge in [0, 0.05) is 28.4 Å². The van der Waals surface area contributed by atoms with Crippen molar-refractivity contribution >= 4 is 34.9 Å². The number of nitrogens with zero attached hydrogens (tertiary/aromatic N) is 1. The number of amides is 3. The summed E-state index contributed by atoms with van der Waals surface area (Å²) in [6, 6.07) is 12.9. The number of nitrogens with one attached hydrogen (secondary N) is 2. The topological polar surface area (TPSA) is 61.4 Å². The van der Waals surface area contributed by atoms with Gasteiger partial charge >= 0.3 is 6.03 Å². The van der Waals surface area contributed by atoms with Crippen molar-refractivity contribution in [2.75, 3.05) is 10.2 Å². The number of benzene rings is 2. The number of anilines is 2. The minimum absolute atomic E-state index is 0.101. The molecular weight excluding hydrogens is 362 g/mol. The van der Waals surface area contributed by atoms with Crippen LogP contribution in [0.15, 0.2) is 42.5 Å². The fraction of sp³-hybridized carbons (Fsp3) is 0.333. The van der Waals surface area contributed by atoms with Gasteiger partial charge in [0.15, 0.2) is 0 Å². The lowest BCUT2D eigenvalue weighted by molar-refractivity contribution is -0.119. The Morgan fingerprint density at radius 2 is 1.81 bits per heavy atom. The Morgan fingerprint density at radius 3 is 2.48 bits per heavy atom. The van der Waals surface area contributed by atoms with Crippen LogP contribution in [0, 0.1) is 0 Å². The first-order chi connectivity index (χ1) is 12.7. The van der Waals surface area contributed by atoms with Gasteiger partial charge in [0.1, 0.15) is 0 Å². The van der Waals surface area contributed by atoms with Crippen LogP contribution in [-0.2, 0) is 17.8 Å². The molecule has 2 aromatic rings. The Labute approximate surface area is 164 Å². The zero-order valence-corrected chi connectivity index (χ0v) is 16.6. The number of rotatable bonds is 3. The van der Waals surface area contributed by atoms with E-state index < -0.39 is 0 Å². The van der Waals surface area contributed by atoms with E-state index >= 15 is 0 Å². The highest BCUT2D eigenvalue weighted by molar-refractivity contribution is 6.30. The highest BCUT2D eigenvalue weighted by Crippen LogP contribution is 2.31. The number of carbonyl (C=O) groups excluding carboxylic acids is 2. The van der Waals surface area contributed by atoms with Crippen LogP contribution in [0.2, 0.25) is 5.02 Å². The fourth-order valence-electron chi connectivity index (χ4n) is 3.09. The molecule has 0 atom stereocenters. The number of halogens is 1. The average Bonchev–Trinajstić information content (AvgIpc) is 2.57. The smallest absolute Gasteiger partial charge is 0.319 e. The van der Waals surface area contributed by atoms with Crippen molar-refractivity contribution in [3.8, 4) is 0 Å². The van der Waals surface area contributed by atoms with Crippen molar-refractivity contribution in [2.45, 2.75) is 45.7 Å². The molecule has 2 N–H and O–H groups in total. The maximum absolute atomic E-state index is 12.5. The van der Waals surface area contributed by atoms with Crippen molar-refractivity contribution in [1.29, 1.82) is 0 Å². The maximum atomic E-state index is 12.5. The van der Waals surface area contributed by atoms with Gasteiger partial charge in [-0.3, -0.25) is 4.79 Å². The molecular formula is C21H24ClN3O2. The highest BCUT2D eigenvalue weighted by atomic mass is 35.5. The van der Waals surface area contributed by atoms with Gasteiger partial charge in [-0.2, -0.15) is 0 Å². The largest absolute Gasteiger partial charge is 0.333 e. The summed E-state index contributed by atoms with van der Waals surface area (Å²) in [6.07, 6.45) is 1.12. The van der Waals surface area contributed by atoms with Crippen LogP contribution >= 0.6 is 11.6 Å². The third-order valence-electron chi connectivity index (χ3n) is 4.28. The van der Waals surface area contributed by atoms with Gasteiger partial charge in [-0.05, 0) is 68.7 Å². The van der Waals surface area contributed by atoms with Gasteiger partial charge in [-0.15, -0.1) is 0 Å². The SMILES string of the molecule is CC(C)(C)NC(=O)Nc1ccc2c(c1)CCC(=O)N2Cc1ccc(Cl)cc1. The molecule has 3 amide bonds. The molecule has 0 saturated heterocycles. The molecule has 142 valence electrons. The molecule has 0 bridgehead atoms. The van der Waals surface area contributed by atoms with Crippen LogP contribution in [0.5, 0.6) is 0 Å². The van der Waals surface area contributed by atoms with Gasteiger partial charge in [0.2, 0.25) is 5.91 Å². The lowest BCUT2D eigenvalue weighted by atomic mass is 9.99. The Morgan fingerprint density at radius 1 is 1.11 bits per heavy atom. The molecule has 1 heterocycles. The van der Waals surface area contributed by atoms with Crippen LogP contribution in [0.1, 0.15) is 38.3 Å². The van der Waals surface area contributed by atoms with Gasteiger partial charge in [0.05, 0.1) is 6.54 Å². The zero-order valence-electron chi connectivity index (χ0n) is 15.8. The first-order valence-electron chi connectivity index (χ1n) is 8.98. The molecule has 6 heteroatoms. The number of carbonyl (C=O) groups is 2. The summed E-state index contributed by atoms with van der Waals surface area (Å²) < 4.78 is 0. The summed E-state index contributed by atoms with van der Waals surface area (Å²) in [4.78, 5) is 26.3. The van der Waals surface area contributed by atoms with Crippen molar-refractivity contribution < 1.29 is 9.59 Å². The second-order valence-corrected chi connectivity index (χ2v) is 8.22. The fourth-order valence-corrected chi connectivity index (χ4v) is 3.21. The van der Waals surface area contributed by atoms with E-state index in [-0.39, 0.29) is 17.5 Å². The first kappa shape index (κ1) is 19.2. The van der Waals surface area contributed by atoms with E-state index in [0.29, 0.717) is 24.4 Å². The summed E-state index contributed by atoms with van der Waals surface area (Å²) in [5.74, 6) is 0.101. The molecule has 5 nitrogen and oxygen atoms in total. The molecule has 0 radical (unpaired) electrons. The Balaban J connectivity index is 1.78. The first-order valence-corrected chi connectivity index (χ1v) is 9.36. The number of urea groups is 1. The monoisotopic (exact) mass is 385 g/mol. The quantitative estimate of drug-likeness (QED) is 0.801. The van der Waals surface area contributed by atoms with E-state index in [1.54, 1.807) is 4.90 Å². The van der Waals surface area contributed by atoms with Crippen molar-refractivity contribution in [1.82, 2.24) is 5.32 Å². The molecule has 0 aliphatic carbocycles. The van der Waals surface area contributed by atoms with Crippen molar-refractivity contribution in [3.63, 3.8) is 0 Å². The number of hydrogen-bond donors (Lipinski definition) is 2. The standard InChI is InChI=1S/C21H24ClN3O2/c1-21(2,3)24-20(27)23-17-9-10-18-15(12-17)6-11-19(26)25(18)13-14-4-7-16(22)8-5-14/h4-5,7-10,12H,6,11,13H2,1-3H3,(H2,23,24,27). The molecule has 27 heavy (non-hydrogen) atoms. The third-order valence-corrected chi connectivity index (χ3v) is 4.53. The molecule has 2 aromatic carbocycles. The maximum Gasteiger partial charge on any atom is 0.319 e. The Bertz CT molecular complexity index is 857. The Hall–Kier alpha value is -2.53. The molecule has 3 rings (SSSR count). The van der Waals surface area contributed by atoms with Crippen LogP contribution < -0.4 is 15.5 Å². The van der Waals surface area contributed by atoms with E-state index in [9.17, 15) is 9.59 Å². The molecule has 0 saturated carbocycles. The van der Waals surface area contributed by atoms with E-state index in [2.05, 4.69) is 10.6 Å². The number of hydrogen-bond acceptors (Lipinski definition) is 2. The lowest BCUT2D eigenvalue weighted by Crippen LogP contribution is -2.43. The summed E-state index contributed by atoms with van der Waals surface area (Å²) in [5.41, 5.74) is 3.38. The van der Waals surface area contributed by atoms with Gasteiger partial charge in [-0.25, -0.2) is 4.79 Å². The van der Waals surface area contributed by atoms with E-state index in [4.69, 9.17) is 11.6 Å². The van der Waals surface area contributed by atoms with Crippen molar-refractivity contribution in [2.24, 2.45) is 0 Å². The van der Waals surface area contributed by atoms with E-state index in [1.165, 1.54) is 0 Å². The molecule has 0 unspecified atom stereocenters. The minimum atomic E-state index is -0.305. The summed E-state index contributed by atoms with van der Waals surface area (Å²) in [5, 5.41) is 6.41. The Kier molecular flexibility index (Phi) is 5.42. The average molecular weight is 386 g/mol. The highest BCUT2D eigenvalue weighted by Gasteiger charge is 2.24. The predicted molar refractivity (Wildman–Crippen MR) is 109 cm³/mol. The van der Waals surface area contributed by atoms with Gasteiger partial charge in [-0.1, -0.05) is 23.7 Å². The molecule has 1 aliphatic rings. The minimum Gasteiger partial charge on any atom is -0.333 e. The van der Waals surface area contributed by atoms with E-state index in [0.717, 1.165) is 22.5 Å². The van der Waals surface area contributed by atoms with Crippen LogP contribution in [-0.4, -0.2) is 17.5 Å². The summed E-state index contributed by atoms with van der Waals surface area (Å²) >= 11 is 5.94. The molecule has 0 aromatic heterocycles. The second-order valence-electron chi connectivity index (χ2n) is 7.78. The second kappa shape index (κ2) is 7.61. The summed E-state index contributed by atoms with van der Waals surface area (Å²) in [6.45, 7) is 6.29. The zero-order chi connectivity index (χ0) is 19.6. The van der Waals surface area contributed by atoms with E-state index in [1.807, 2.05) is 63.2 Å². The van der Waals surface area contributed by atoms with Gasteiger partial charge < -0.3 is 15.5 Å². The number of aryl methyl sites for hydroxylation is 1. The molecule has 1 aliphatic heterocycles. The normalized spacial score (nSPS) is 13.9. The molecule has 0 spiro atoms. The van der Waals surface area contributed by atoms with Crippen LogP contribution in [0.3, 0.4) is 0 Å². The van der Waals surface area contributed by atoms with Crippen molar-refractivity contribution in [3.05, 3.63) is 58.6 Å². The molecule has 0 fully saturated rings.